The molecule has 6 heteroatoms. The van der Waals surface area contributed by atoms with E-state index in [-0.39, 0.29) is 0 Å². The summed E-state index contributed by atoms with van der Waals surface area (Å²) in [6.45, 7) is 8.36. The maximum Gasteiger partial charge on any atom is 0.139 e. The highest BCUT2D eigenvalue weighted by molar-refractivity contribution is 9.10. The summed E-state index contributed by atoms with van der Waals surface area (Å²) in [5.74, 6) is 0.859. The molecule has 138 valence electrons. The minimum atomic E-state index is -1.06. The van der Waals surface area contributed by atoms with Gasteiger partial charge >= 0.3 is 0 Å². The van der Waals surface area contributed by atoms with Crippen LogP contribution in [0.5, 0.6) is 5.75 Å². The summed E-state index contributed by atoms with van der Waals surface area (Å²) in [4.78, 5) is 0. The Labute approximate surface area is 164 Å². The van der Waals surface area contributed by atoms with Crippen LogP contribution in [0.1, 0.15) is 0 Å². The van der Waals surface area contributed by atoms with Gasteiger partial charge in [-0.15, -0.1) is 0 Å². The monoisotopic (exact) mass is 432 g/mol. The molecule has 0 saturated heterocycles. The zero-order valence-corrected chi connectivity index (χ0v) is 18.3. The lowest BCUT2D eigenvalue weighted by molar-refractivity contribution is 0.0791. The maximum atomic E-state index is 5.81. The summed E-state index contributed by atoms with van der Waals surface area (Å²) in [6, 6.07) is 13.5. The van der Waals surface area contributed by atoms with E-state index in [0.717, 1.165) is 38.9 Å². The van der Waals surface area contributed by atoms with Gasteiger partial charge in [-0.05, 0) is 57.4 Å². The summed E-state index contributed by atoms with van der Waals surface area (Å²) in [5, 5.41) is 5.74. The van der Waals surface area contributed by atoms with Crippen LogP contribution in [0.15, 0.2) is 47.1 Å². The van der Waals surface area contributed by atoms with Crippen LogP contribution in [0.25, 0.3) is 22.0 Å². The van der Waals surface area contributed by atoms with Gasteiger partial charge < -0.3 is 9.47 Å². The molecule has 0 aliphatic rings. The molecular weight excluding hydrogens is 408 g/mol. The fourth-order valence-corrected chi connectivity index (χ4v) is 4.01. The Kier molecular flexibility index (Phi) is 5.85. The topological polar surface area (TPSA) is 36.3 Å². The lowest BCUT2D eigenvalue weighted by Gasteiger charge is -2.15. The molecule has 0 bridgehead atoms. The second-order valence-electron chi connectivity index (χ2n) is 7.64. The average molecular weight is 433 g/mol. The molecule has 0 radical (unpaired) electrons. The van der Waals surface area contributed by atoms with Crippen molar-refractivity contribution < 1.29 is 9.47 Å². The Bertz CT molecular complexity index is 885. The van der Waals surface area contributed by atoms with Crippen LogP contribution >= 0.6 is 15.9 Å². The van der Waals surface area contributed by atoms with Gasteiger partial charge in [0.1, 0.15) is 18.0 Å². The zero-order valence-electron chi connectivity index (χ0n) is 15.8. The fourth-order valence-electron chi connectivity index (χ4n) is 2.69. The largest absolute Gasteiger partial charge is 0.497 e. The van der Waals surface area contributed by atoms with Gasteiger partial charge in [0.05, 0.1) is 7.11 Å². The van der Waals surface area contributed by atoms with Gasteiger partial charge in [-0.1, -0.05) is 31.8 Å². The molecule has 0 fully saturated rings. The van der Waals surface area contributed by atoms with E-state index in [4.69, 9.17) is 9.47 Å². The van der Waals surface area contributed by atoms with Gasteiger partial charge in [0, 0.05) is 30.7 Å². The summed E-state index contributed by atoms with van der Waals surface area (Å²) in [7, 11) is 0.619. The molecule has 26 heavy (non-hydrogen) atoms. The Balaban J connectivity index is 1.77. The summed E-state index contributed by atoms with van der Waals surface area (Å²) >= 11 is 3.66. The van der Waals surface area contributed by atoms with Crippen molar-refractivity contribution in [2.45, 2.75) is 32.4 Å². The number of methoxy groups -OCH3 is 1. The first-order chi connectivity index (χ1) is 12.4. The first-order valence-electron chi connectivity index (χ1n) is 8.75. The molecular formula is C20H25BrN2O2Si. The first-order valence-corrected chi connectivity index (χ1v) is 13.2. The second kappa shape index (κ2) is 7.94. The molecule has 3 rings (SSSR count). The summed E-state index contributed by atoms with van der Waals surface area (Å²) < 4.78 is 13.9. The van der Waals surface area contributed by atoms with Crippen molar-refractivity contribution in [3.05, 3.63) is 47.1 Å². The highest BCUT2D eigenvalue weighted by Gasteiger charge is 2.13. The standard InChI is InChI=1S/C20H25BrN2O2Si/c1-24-18-7-5-15(6-8-18)16-11-17-13-23(22-20(17)19(21)12-16)14-25-9-10-26(2,3)4/h5-8,11-13H,9-10,14H2,1-4H3. The molecule has 1 aromatic heterocycles. The van der Waals surface area contributed by atoms with Gasteiger partial charge in [-0.3, -0.25) is 0 Å². The predicted molar refractivity (Wildman–Crippen MR) is 114 cm³/mol. The third-order valence-electron chi connectivity index (χ3n) is 4.25. The van der Waals surface area contributed by atoms with Crippen molar-refractivity contribution in [2.24, 2.45) is 0 Å². The Morgan fingerprint density at radius 3 is 2.46 bits per heavy atom. The number of benzene rings is 2. The molecule has 0 spiro atoms. The molecule has 0 N–H and O–H groups in total. The molecule has 0 aliphatic heterocycles. The van der Waals surface area contributed by atoms with Gasteiger partial charge in [0.15, 0.2) is 0 Å². The van der Waals surface area contributed by atoms with E-state index in [9.17, 15) is 0 Å². The van der Waals surface area contributed by atoms with E-state index in [1.807, 2.05) is 23.0 Å². The third-order valence-corrected chi connectivity index (χ3v) is 6.56. The van der Waals surface area contributed by atoms with Crippen LogP contribution in [0.3, 0.4) is 0 Å². The Morgan fingerprint density at radius 1 is 1.08 bits per heavy atom. The molecule has 1 heterocycles. The number of aromatic nitrogens is 2. The lowest BCUT2D eigenvalue weighted by Crippen LogP contribution is -2.22. The van der Waals surface area contributed by atoms with E-state index in [1.165, 1.54) is 6.04 Å². The van der Waals surface area contributed by atoms with Crippen molar-refractivity contribution in [3.8, 4) is 16.9 Å². The minimum absolute atomic E-state index is 0.490. The number of hydrogen-bond donors (Lipinski definition) is 0. The number of hydrogen-bond acceptors (Lipinski definition) is 3. The van der Waals surface area contributed by atoms with Gasteiger partial charge in [0.2, 0.25) is 0 Å². The van der Waals surface area contributed by atoms with Gasteiger partial charge in [-0.25, -0.2) is 4.68 Å². The van der Waals surface area contributed by atoms with E-state index in [0.29, 0.717) is 6.73 Å². The molecule has 0 saturated carbocycles. The molecule has 0 atom stereocenters. The smallest absolute Gasteiger partial charge is 0.139 e. The van der Waals surface area contributed by atoms with Gasteiger partial charge in [-0.2, -0.15) is 5.10 Å². The number of halogens is 1. The fraction of sp³-hybridized carbons (Fsp3) is 0.350. The summed E-state index contributed by atoms with van der Waals surface area (Å²) in [5.41, 5.74) is 3.25. The third kappa shape index (κ3) is 4.75. The molecule has 0 amide bonds. The molecule has 0 unspecified atom stereocenters. The average Bonchev–Trinajstić information content (AvgIpc) is 3.01. The first kappa shape index (κ1) is 19.1. The molecule has 2 aromatic carbocycles. The van der Waals surface area contributed by atoms with Crippen LogP contribution in [-0.4, -0.2) is 31.6 Å². The van der Waals surface area contributed by atoms with Crippen LogP contribution in [0, 0.1) is 0 Å². The van der Waals surface area contributed by atoms with Crippen molar-refractivity contribution in [2.75, 3.05) is 13.7 Å². The van der Waals surface area contributed by atoms with Crippen LogP contribution in [0.2, 0.25) is 25.7 Å². The normalized spacial score (nSPS) is 11.9. The Morgan fingerprint density at radius 2 is 1.81 bits per heavy atom. The van der Waals surface area contributed by atoms with Crippen molar-refractivity contribution in [3.63, 3.8) is 0 Å². The summed E-state index contributed by atoms with van der Waals surface area (Å²) in [6.07, 6.45) is 2.04. The van der Waals surface area contributed by atoms with E-state index in [1.54, 1.807) is 7.11 Å². The number of nitrogens with zero attached hydrogens (tertiary/aromatic N) is 2. The van der Waals surface area contributed by atoms with Crippen LogP contribution in [0.4, 0.5) is 0 Å². The quantitative estimate of drug-likeness (QED) is 0.350. The van der Waals surface area contributed by atoms with E-state index in [2.05, 4.69) is 64.9 Å². The van der Waals surface area contributed by atoms with Crippen LogP contribution in [-0.2, 0) is 11.5 Å². The highest BCUT2D eigenvalue weighted by Crippen LogP contribution is 2.31. The van der Waals surface area contributed by atoms with E-state index >= 15 is 0 Å². The van der Waals surface area contributed by atoms with Crippen molar-refractivity contribution in [1.29, 1.82) is 0 Å². The SMILES string of the molecule is COc1ccc(-c2cc(Br)c3nn(COCC[Si](C)(C)C)cc3c2)cc1. The number of ether oxygens (including phenoxy) is 2. The maximum absolute atomic E-state index is 5.81. The molecule has 3 aromatic rings. The van der Waals surface area contributed by atoms with Crippen LogP contribution < -0.4 is 4.74 Å². The van der Waals surface area contributed by atoms with Crippen molar-refractivity contribution in [1.82, 2.24) is 9.78 Å². The highest BCUT2D eigenvalue weighted by atomic mass is 79.9. The van der Waals surface area contributed by atoms with Gasteiger partial charge in [0.25, 0.3) is 0 Å². The zero-order chi connectivity index (χ0) is 18.7. The molecule has 4 nitrogen and oxygen atoms in total. The second-order valence-corrected chi connectivity index (χ2v) is 14.1. The number of rotatable bonds is 7. The minimum Gasteiger partial charge on any atom is -0.497 e. The predicted octanol–water partition coefficient (Wildman–Crippen LogP) is 5.79. The van der Waals surface area contributed by atoms with E-state index < -0.39 is 8.07 Å². The Hall–Kier alpha value is -1.63. The lowest BCUT2D eigenvalue weighted by atomic mass is 10.0. The van der Waals surface area contributed by atoms with Crippen molar-refractivity contribution >= 4 is 34.9 Å². The molecule has 0 aliphatic carbocycles. The number of fused-ring (bicyclic) bond motifs is 1.